The predicted molar refractivity (Wildman–Crippen MR) is 58.3 cm³/mol. The van der Waals surface area contributed by atoms with Crippen LogP contribution in [0.25, 0.3) is 0 Å². The van der Waals surface area contributed by atoms with E-state index in [0.29, 0.717) is 19.5 Å². The van der Waals surface area contributed by atoms with Crippen molar-refractivity contribution in [3.05, 3.63) is 0 Å². The van der Waals surface area contributed by atoms with Gasteiger partial charge in [0.05, 0.1) is 6.54 Å². The summed E-state index contributed by atoms with van der Waals surface area (Å²) in [5, 5.41) is 2.76. The van der Waals surface area contributed by atoms with Crippen LogP contribution in [0.2, 0.25) is 0 Å². The summed E-state index contributed by atoms with van der Waals surface area (Å²) in [5.74, 6) is 0.0943. The Morgan fingerprint density at radius 1 is 1.47 bits per heavy atom. The molecule has 1 fully saturated rings. The van der Waals surface area contributed by atoms with Gasteiger partial charge in [-0.1, -0.05) is 19.8 Å². The van der Waals surface area contributed by atoms with Gasteiger partial charge in [0.15, 0.2) is 0 Å². The van der Waals surface area contributed by atoms with Gasteiger partial charge in [0.25, 0.3) is 0 Å². The Morgan fingerprint density at radius 2 is 2.27 bits per heavy atom. The van der Waals surface area contributed by atoms with E-state index in [1.165, 1.54) is 0 Å². The summed E-state index contributed by atoms with van der Waals surface area (Å²) in [6, 6.07) is 0. The lowest BCUT2D eigenvalue weighted by Crippen LogP contribution is -2.37. The predicted octanol–water partition coefficient (Wildman–Crippen LogP) is 0.915. The molecule has 0 unspecified atom stereocenters. The van der Waals surface area contributed by atoms with Gasteiger partial charge in [-0.05, 0) is 12.8 Å². The third-order valence-electron chi connectivity index (χ3n) is 2.61. The van der Waals surface area contributed by atoms with Crippen LogP contribution in [0.3, 0.4) is 0 Å². The molecular weight excluding hydrogens is 192 g/mol. The summed E-state index contributed by atoms with van der Waals surface area (Å²) in [6.45, 7) is 3.76. The van der Waals surface area contributed by atoms with Crippen LogP contribution in [0, 0.1) is 0 Å². The molecule has 1 saturated heterocycles. The molecule has 86 valence electrons. The molecule has 1 aliphatic rings. The average Bonchev–Trinajstić information content (AvgIpc) is 2.43. The van der Waals surface area contributed by atoms with Crippen molar-refractivity contribution in [1.29, 1.82) is 0 Å². The van der Waals surface area contributed by atoms with Crippen molar-refractivity contribution in [2.75, 3.05) is 19.6 Å². The molecule has 1 rings (SSSR count). The third-order valence-corrected chi connectivity index (χ3v) is 2.61. The number of carbonyl (C=O) groups excluding carboxylic acids is 2. The van der Waals surface area contributed by atoms with E-state index >= 15 is 0 Å². The maximum absolute atomic E-state index is 11.7. The first-order valence-electron chi connectivity index (χ1n) is 5.78. The highest BCUT2D eigenvalue weighted by molar-refractivity contribution is 5.85. The summed E-state index contributed by atoms with van der Waals surface area (Å²) in [6.07, 6.45) is 4.60. The number of nitrogens with zero attached hydrogens (tertiary/aromatic N) is 1. The van der Waals surface area contributed by atoms with Crippen LogP contribution < -0.4 is 5.32 Å². The zero-order valence-electron chi connectivity index (χ0n) is 9.42. The molecule has 0 aromatic heterocycles. The van der Waals surface area contributed by atoms with E-state index in [0.717, 1.165) is 25.7 Å². The van der Waals surface area contributed by atoms with Crippen molar-refractivity contribution in [2.24, 2.45) is 0 Å². The number of amides is 2. The van der Waals surface area contributed by atoms with Crippen LogP contribution in [0.4, 0.5) is 0 Å². The van der Waals surface area contributed by atoms with Crippen molar-refractivity contribution in [1.82, 2.24) is 10.2 Å². The molecule has 15 heavy (non-hydrogen) atoms. The first-order chi connectivity index (χ1) is 7.24. The SMILES string of the molecule is CCCCCC(=O)N1CCCNC(=O)C1. The number of hydrogen-bond donors (Lipinski definition) is 1. The highest BCUT2D eigenvalue weighted by atomic mass is 16.2. The number of carbonyl (C=O) groups is 2. The van der Waals surface area contributed by atoms with Gasteiger partial charge in [0.1, 0.15) is 0 Å². The number of rotatable bonds is 4. The van der Waals surface area contributed by atoms with Crippen LogP contribution >= 0.6 is 0 Å². The second-order valence-electron chi connectivity index (χ2n) is 3.98. The Kier molecular flexibility index (Phi) is 5.15. The number of nitrogens with one attached hydrogen (secondary N) is 1. The van der Waals surface area contributed by atoms with Crippen molar-refractivity contribution in [3.63, 3.8) is 0 Å². The lowest BCUT2D eigenvalue weighted by molar-refractivity contribution is -0.135. The lowest BCUT2D eigenvalue weighted by Gasteiger charge is -2.18. The van der Waals surface area contributed by atoms with Gasteiger partial charge in [-0.2, -0.15) is 0 Å². The second kappa shape index (κ2) is 6.43. The summed E-state index contributed by atoms with van der Waals surface area (Å²) in [7, 11) is 0. The zero-order chi connectivity index (χ0) is 11.1. The average molecular weight is 212 g/mol. The van der Waals surface area contributed by atoms with E-state index in [4.69, 9.17) is 0 Å². The molecule has 2 amide bonds. The van der Waals surface area contributed by atoms with Gasteiger partial charge < -0.3 is 10.2 Å². The molecule has 0 aliphatic carbocycles. The van der Waals surface area contributed by atoms with Crippen molar-refractivity contribution in [3.8, 4) is 0 Å². The largest absolute Gasteiger partial charge is 0.354 e. The standard InChI is InChI=1S/C11H20N2O2/c1-2-3-4-6-11(15)13-8-5-7-12-10(14)9-13/h2-9H2,1H3,(H,12,14). The van der Waals surface area contributed by atoms with Gasteiger partial charge in [-0.15, -0.1) is 0 Å². The minimum absolute atomic E-state index is 0.0312. The Balaban J connectivity index is 2.33. The van der Waals surface area contributed by atoms with Gasteiger partial charge in [0.2, 0.25) is 11.8 Å². The highest BCUT2D eigenvalue weighted by Crippen LogP contribution is 2.05. The minimum atomic E-state index is -0.0312. The normalized spacial score (nSPS) is 17.1. The van der Waals surface area contributed by atoms with E-state index in [1.807, 2.05) is 0 Å². The van der Waals surface area contributed by atoms with E-state index < -0.39 is 0 Å². The minimum Gasteiger partial charge on any atom is -0.354 e. The fraction of sp³-hybridized carbons (Fsp3) is 0.818. The smallest absolute Gasteiger partial charge is 0.239 e. The summed E-state index contributed by atoms with van der Waals surface area (Å²) in [5.41, 5.74) is 0. The Morgan fingerprint density at radius 3 is 3.00 bits per heavy atom. The molecule has 0 aromatic carbocycles. The fourth-order valence-corrected chi connectivity index (χ4v) is 1.70. The Bertz CT molecular complexity index is 229. The molecule has 0 bridgehead atoms. The van der Waals surface area contributed by atoms with Crippen LogP contribution in [-0.2, 0) is 9.59 Å². The van der Waals surface area contributed by atoms with Gasteiger partial charge in [-0.25, -0.2) is 0 Å². The molecule has 0 aromatic rings. The summed E-state index contributed by atoms with van der Waals surface area (Å²) in [4.78, 5) is 24.6. The maximum atomic E-state index is 11.7. The second-order valence-corrected chi connectivity index (χ2v) is 3.98. The molecule has 0 saturated carbocycles. The first-order valence-corrected chi connectivity index (χ1v) is 5.78. The van der Waals surface area contributed by atoms with Crippen molar-refractivity contribution in [2.45, 2.75) is 39.0 Å². The molecule has 4 heteroatoms. The summed E-state index contributed by atoms with van der Waals surface area (Å²) >= 11 is 0. The van der Waals surface area contributed by atoms with Crippen LogP contribution in [-0.4, -0.2) is 36.3 Å². The Hall–Kier alpha value is -1.06. The quantitative estimate of drug-likeness (QED) is 0.704. The Labute approximate surface area is 91.0 Å². The molecule has 1 heterocycles. The van der Waals surface area contributed by atoms with E-state index in [9.17, 15) is 9.59 Å². The van der Waals surface area contributed by atoms with Crippen LogP contribution in [0.15, 0.2) is 0 Å². The molecule has 4 nitrogen and oxygen atoms in total. The van der Waals surface area contributed by atoms with Crippen LogP contribution in [0.5, 0.6) is 0 Å². The topological polar surface area (TPSA) is 49.4 Å². The van der Waals surface area contributed by atoms with Gasteiger partial charge in [-0.3, -0.25) is 9.59 Å². The van der Waals surface area contributed by atoms with Gasteiger partial charge >= 0.3 is 0 Å². The lowest BCUT2D eigenvalue weighted by atomic mass is 10.2. The monoisotopic (exact) mass is 212 g/mol. The molecule has 0 radical (unpaired) electrons. The number of hydrogen-bond acceptors (Lipinski definition) is 2. The highest BCUT2D eigenvalue weighted by Gasteiger charge is 2.18. The van der Waals surface area contributed by atoms with Crippen LogP contribution in [0.1, 0.15) is 39.0 Å². The molecule has 1 aliphatic heterocycles. The van der Waals surface area contributed by atoms with Crippen molar-refractivity contribution < 1.29 is 9.59 Å². The first kappa shape index (κ1) is 12.0. The van der Waals surface area contributed by atoms with E-state index in [1.54, 1.807) is 4.90 Å². The molecule has 1 N–H and O–H groups in total. The molecular formula is C11H20N2O2. The molecule has 0 atom stereocenters. The fourth-order valence-electron chi connectivity index (χ4n) is 1.70. The van der Waals surface area contributed by atoms with E-state index in [2.05, 4.69) is 12.2 Å². The summed E-state index contributed by atoms with van der Waals surface area (Å²) < 4.78 is 0. The van der Waals surface area contributed by atoms with Gasteiger partial charge in [0, 0.05) is 19.5 Å². The zero-order valence-corrected chi connectivity index (χ0v) is 9.42. The molecule has 0 spiro atoms. The van der Waals surface area contributed by atoms with E-state index in [-0.39, 0.29) is 18.4 Å². The number of unbranched alkanes of at least 4 members (excludes halogenated alkanes) is 2. The maximum Gasteiger partial charge on any atom is 0.239 e. The van der Waals surface area contributed by atoms with Crippen molar-refractivity contribution >= 4 is 11.8 Å². The third kappa shape index (κ3) is 4.32.